The van der Waals surface area contributed by atoms with Gasteiger partial charge in [-0.25, -0.2) is 0 Å². The molecule has 86 valence electrons. The van der Waals surface area contributed by atoms with Crippen LogP contribution in [0.15, 0.2) is 10.6 Å². The van der Waals surface area contributed by atoms with Gasteiger partial charge in [-0.1, -0.05) is 5.16 Å². The molecule has 0 N–H and O–H groups in total. The van der Waals surface area contributed by atoms with Crippen LogP contribution in [0, 0.1) is 0 Å². The standard InChI is InChI=1S/C11H14N2O2S/c1-7-13(4-5-16-7)11(14)9-6-10(15-12-9)8-2-3-8/h6-8H,2-5H2,1H3. The van der Waals surface area contributed by atoms with E-state index in [2.05, 4.69) is 12.1 Å². The molecule has 2 aliphatic rings. The van der Waals surface area contributed by atoms with Gasteiger partial charge in [-0.3, -0.25) is 4.79 Å². The van der Waals surface area contributed by atoms with Gasteiger partial charge >= 0.3 is 0 Å². The highest BCUT2D eigenvalue weighted by Gasteiger charge is 2.32. The Morgan fingerprint density at radius 3 is 3.06 bits per heavy atom. The minimum Gasteiger partial charge on any atom is -0.360 e. The third-order valence-corrected chi connectivity index (χ3v) is 4.27. The average Bonchev–Trinajstić information content (AvgIpc) is 2.86. The topological polar surface area (TPSA) is 46.3 Å². The lowest BCUT2D eigenvalue weighted by Crippen LogP contribution is -2.33. The van der Waals surface area contributed by atoms with Crippen molar-refractivity contribution in [3.63, 3.8) is 0 Å². The minimum absolute atomic E-state index is 0.00755. The summed E-state index contributed by atoms with van der Waals surface area (Å²) >= 11 is 1.80. The molecule has 5 heteroatoms. The van der Waals surface area contributed by atoms with E-state index in [0.717, 1.165) is 18.1 Å². The van der Waals surface area contributed by atoms with Gasteiger partial charge in [-0.15, -0.1) is 11.8 Å². The van der Waals surface area contributed by atoms with E-state index in [0.29, 0.717) is 11.6 Å². The summed E-state index contributed by atoms with van der Waals surface area (Å²) in [6.07, 6.45) is 2.33. The van der Waals surface area contributed by atoms with Crippen molar-refractivity contribution in [1.29, 1.82) is 0 Å². The monoisotopic (exact) mass is 238 g/mol. The number of hydrogen-bond acceptors (Lipinski definition) is 4. The molecule has 1 unspecified atom stereocenters. The van der Waals surface area contributed by atoms with Crippen LogP contribution in [-0.4, -0.2) is 33.6 Å². The molecule has 1 aliphatic heterocycles. The molecule has 1 aromatic heterocycles. The van der Waals surface area contributed by atoms with Crippen LogP contribution in [0.4, 0.5) is 0 Å². The van der Waals surface area contributed by atoms with Gasteiger partial charge in [0.25, 0.3) is 5.91 Å². The first-order valence-electron chi connectivity index (χ1n) is 5.65. The van der Waals surface area contributed by atoms with Crippen LogP contribution in [0.5, 0.6) is 0 Å². The average molecular weight is 238 g/mol. The van der Waals surface area contributed by atoms with E-state index in [1.165, 1.54) is 12.8 Å². The van der Waals surface area contributed by atoms with Gasteiger partial charge in [0, 0.05) is 24.3 Å². The first-order valence-corrected chi connectivity index (χ1v) is 6.70. The van der Waals surface area contributed by atoms with Crippen molar-refractivity contribution in [1.82, 2.24) is 10.1 Å². The molecule has 0 radical (unpaired) electrons. The van der Waals surface area contributed by atoms with Gasteiger partial charge in [0.15, 0.2) is 5.69 Å². The fraction of sp³-hybridized carbons (Fsp3) is 0.636. The van der Waals surface area contributed by atoms with Crippen molar-refractivity contribution >= 4 is 17.7 Å². The third-order valence-electron chi connectivity index (χ3n) is 3.12. The Labute approximate surface area is 98.3 Å². The molecule has 16 heavy (non-hydrogen) atoms. The van der Waals surface area contributed by atoms with Crippen LogP contribution in [0.25, 0.3) is 0 Å². The van der Waals surface area contributed by atoms with Gasteiger partial charge in [0.05, 0.1) is 5.37 Å². The fourth-order valence-corrected chi connectivity index (χ4v) is 2.98. The van der Waals surface area contributed by atoms with Crippen molar-refractivity contribution in [2.45, 2.75) is 31.1 Å². The molecular weight excluding hydrogens is 224 g/mol. The number of nitrogens with zero attached hydrogens (tertiary/aromatic N) is 2. The largest absolute Gasteiger partial charge is 0.360 e. The number of rotatable bonds is 2. The van der Waals surface area contributed by atoms with Crippen LogP contribution in [0.1, 0.15) is 41.9 Å². The zero-order valence-corrected chi connectivity index (χ0v) is 10.00. The smallest absolute Gasteiger partial charge is 0.276 e. The Morgan fingerprint density at radius 1 is 1.62 bits per heavy atom. The molecule has 2 heterocycles. The Hall–Kier alpha value is -0.970. The molecule has 1 amide bonds. The summed E-state index contributed by atoms with van der Waals surface area (Å²) in [5.41, 5.74) is 0.469. The highest BCUT2D eigenvalue weighted by atomic mass is 32.2. The molecule has 3 rings (SSSR count). The highest BCUT2D eigenvalue weighted by Crippen LogP contribution is 2.40. The number of aromatic nitrogens is 1. The van der Waals surface area contributed by atoms with Crippen molar-refractivity contribution in [3.05, 3.63) is 17.5 Å². The van der Waals surface area contributed by atoms with Crippen LogP contribution in [-0.2, 0) is 0 Å². The van der Waals surface area contributed by atoms with Crippen molar-refractivity contribution < 1.29 is 9.32 Å². The quantitative estimate of drug-likeness (QED) is 0.791. The summed E-state index contributed by atoms with van der Waals surface area (Å²) < 4.78 is 5.20. The molecule has 4 nitrogen and oxygen atoms in total. The highest BCUT2D eigenvalue weighted by molar-refractivity contribution is 8.00. The maximum atomic E-state index is 12.1. The normalized spacial score (nSPS) is 25.1. The Balaban J connectivity index is 1.77. The van der Waals surface area contributed by atoms with Crippen LogP contribution < -0.4 is 0 Å². The summed E-state index contributed by atoms with van der Waals surface area (Å²) in [6, 6.07) is 1.82. The summed E-state index contributed by atoms with van der Waals surface area (Å²) in [7, 11) is 0. The summed E-state index contributed by atoms with van der Waals surface area (Å²) in [6.45, 7) is 2.87. The Morgan fingerprint density at radius 2 is 2.44 bits per heavy atom. The third kappa shape index (κ3) is 1.73. The molecule has 1 aliphatic carbocycles. The van der Waals surface area contributed by atoms with Crippen LogP contribution in [0.2, 0.25) is 0 Å². The minimum atomic E-state index is 0.00755. The van der Waals surface area contributed by atoms with E-state index in [1.54, 1.807) is 11.8 Å². The first-order chi connectivity index (χ1) is 7.75. The van der Waals surface area contributed by atoms with Crippen molar-refractivity contribution in [3.8, 4) is 0 Å². The summed E-state index contributed by atoms with van der Waals surface area (Å²) in [4.78, 5) is 14.0. The molecule has 2 fully saturated rings. The van der Waals surface area contributed by atoms with Crippen LogP contribution >= 0.6 is 11.8 Å². The molecule has 0 aromatic carbocycles. The van der Waals surface area contributed by atoms with Gasteiger partial charge in [-0.05, 0) is 19.8 Å². The summed E-state index contributed by atoms with van der Waals surface area (Å²) in [5.74, 6) is 2.41. The number of hydrogen-bond donors (Lipinski definition) is 0. The predicted octanol–water partition coefficient (Wildman–Crippen LogP) is 2.09. The lowest BCUT2D eigenvalue weighted by Gasteiger charge is -2.18. The lowest BCUT2D eigenvalue weighted by atomic mass is 10.2. The number of carbonyl (C=O) groups excluding carboxylic acids is 1. The van der Waals surface area contributed by atoms with E-state index < -0.39 is 0 Å². The fourth-order valence-electron chi connectivity index (χ4n) is 1.96. The lowest BCUT2D eigenvalue weighted by molar-refractivity contribution is 0.0758. The number of amides is 1. The van der Waals surface area contributed by atoms with E-state index in [1.807, 2.05) is 11.0 Å². The predicted molar refractivity (Wildman–Crippen MR) is 61.4 cm³/mol. The van der Waals surface area contributed by atoms with E-state index in [-0.39, 0.29) is 11.3 Å². The second-order valence-electron chi connectivity index (χ2n) is 4.36. The van der Waals surface area contributed by atoms with E-state index in [9.17, 15) is 4.79 Å². The Kier molecular flexibility index (Phi) is 2.42. The molecule has 1 saturated carbocycles. The molecule has 0 bridgehead atoms. The second-order valence-corrected chi connectivity index (χ2v) is 5.78. The van der Waals surface area contributed by atoms with Crippen molar-refractivity contribution in [2.24, 2.45) is 0 Å². The van der Waals surface area contributed by atoms with Gasteiger partial charge in [0.2, 0.25) is 0 Å². The molecule has 1 saturated heterocycles. The van der Waals surface area contributed by atoms with Crippen LogP contribution in [0.3, 0.4) is 0 Å². The van der Waals surface area contributed by atoms with Gasteiger partial charge in [-0.2, -0.15) is 0 Å². The van der Waals surface area contributed by atoms with Gasteiger partial charge in [0.1, 0.15) is 5.76 Å². The SMILES string of the molecule is CC1SCCN1C(=O)c1cc(C2CC2)on1. The van der Waals surface area contributed by atoms with E-state index in [4.69, 9.17) is 4.52 Å². The zero-order valence-electron chi connectivity index (χ0n) is 9.18. The molecular formula is C11H14N2O2S. The Bertz CT molecular complexity index is 414. The molecule has 1 aromatic rings. The van der Waals surface area contributed by atoms with Crippen molar-refractivity contribution in [2.75, 3.05) is 12.3 Å². The first kappa shape index (κ1) is 10.2. The molecule has 0 spiro atoms. The zero-order chi connectivity index (χ0) is 11.1. The second kappa shape index (κ2) is 3.80. The van der Waals surface area contributed by atoms with Gasteiger partial charge < -0.3 is 9.42 Å². The van der Waals surface area contributed by atoms with E-state index >= 15 is 0 Å². The number of thioether (sulfide) groups is 1. The number of carbonyl (C=O) groups is 1. The summed E-state index contributed by atoms with van der Waals surface area (Å²) in [5, 5.41) is 4.14. The maximum absolute atomic E-state index is 12.1. The maximum Gasteiger partial charge on any atom is 0.276 e. The molecule has 1 atom stereocenters.